The van der Waals surface area contributed by atoms with Crippen LogP contribution in [0.25, 0.3) is 11.1 Å². The second-order valence-corrected chi connectivity index (χ2v) is 4.14. The van der Waals surface area contributed by atoms with E-state index in [0.717, 1.165) is 11.1 Å². The number of esters is 1. The van der Waals surface area contributed by atoms with Crippen molar-refractivity contribution in [3.8, 4) is 0 Å². The third-order valence-corrected chi connectivity index (χ3v) is 2.67. The highest BCUT2D eigenvalue weighted by Crippen LogP contribution is 2.15. The Morgan fingerprint density at radius 1 is 1.44 bits per heavy atom. The normalized spacial score (nSPS) is 11.1. The van der Waals surface area contributed by atoms with E-state index in [4.69, 9.17) is 4.42 Å². The van der Waals surface area contributed by atoms with Gasteiger partial charge in [0, 0.05) is 6.54 Å². The zero-order chi connectivity index (χ0) is 13.0. The van der Waals surface area contributed by atoms with Gasteiger partial charge in [-0.25, -0.2) is 4.98 Å². The van der Waals surface area contributed by atoms with Gasteiger partial charge >= 0.3 is 5.97 Å². The van der Waals surface area contributed by atoms with Crippen LogP contribution in [0.15, 0.2) is 28.7 Å². The monoisotopic (exact) mass is 248 g/mol. The van der Waals surface area contributed by atoms with Crippen molar-refractivity contribution in [1.82, 2.24) is 9.88 Å². The lowest BCUT2D eigenvalue weighted by Crippen LogP contribution is -2.22. The number of methoxy groups -OCH3 is 1. The van der Waals surface area contributed by atoms with Crippen LogP contribution >= 0.6 is 0 Å². The molecule has 0 unspecified atom stereocenters. The summed E-state index contributed by atoms with van der Waals surface area (Å²) in [6.07, 6.45) is 0.368. The molecule has 0 spiro atoms. The van der Waals surface area contributed by atoms with Gasteiger partial charge in [0.2, 0.25) is 5.89 Å². The molecule has 0 amide bonds. The molecule has 1 heterocycles. The summed E-state index contributed by atoms with van der Waals surface area (Å²) in [4.78, 5) is 17.4. The van der Waals surface area contributed by atoms with Crippen molar-refractivity contribution in [1.29, 1.82) is 0 Å². The smallest absolute Gasteiger partial charge is 0.306 e. The third kappa shape index (κ3) is 3.07. The average Bonchev–Trinajstić information content (AvgIpc) is 2.77. The molecule has 0 saturated heterocycles. The van der Waals surface area contributed by atoms with E-state index in [-0.39, 0.29) is 5.97 Å². The summed E-state index contributed by atoms with van der Waals surface area (Å²) in [5.74, 6) is 0.447. The van der Waals surface area contributed by atoms with Crippen molar-refractivity contribution >= 4 is 17.1 Å². The van der Waals surface area contributed by atoms with Crippen LogP contribution in [0.1, 0.15) is 12.3 Å². The number of rotatable bonds is 5. The van der Waals surface area contributed by atoms with Gasteiger partial charge in [-0.15, -0.1) is 0 Å². The molecule has 1 aromatic heterocycles. The maximum atomic E-state index is 11.0. The lowest BCUT2D eigenvalue weighted by Gasteiger charge is -2.12. The summed E-state index contributed by atoms with van der Waals surface area (Å²) in [7, 11) is 3.31. The Kier molecular flexibility index (Phi) is 3.94. The fourth-order valence-corrected chi connectivity index (χ4v) is 1.68. The maximum Gasteiger partial charge on any atom is 0.306 e. The van der Waals surface area contributed by atoms with Crippen molar-refractivity contribution < 1.29 is 13.9 Å². The summed E-state index contributed by atoms with van der Waals surface area (Å²) in [5.41, 5.74) is 1.64. The van der Waals surface area contributed by atoms with Crippen LogP contribution in [0.3, 0.4) is 0 Å². The summed E-state index contributed by atoms with van der Waals surface area (Å²) in [5, 5.41) is 0. The van der Waals surface area contributed by atoms with Crippen molar-refractivity contribution in [2.45, 2.75) is 13.0 Å². The van der Waals surface area contributed by atoms with Gasteiger partial charge in [-0.3, -0.25) is 9.69 Å². The highest BCUT2D eigenvalue weighted by Gasteiger charge is 2.09. The first kappa shape index (κ1) is 12.6. The maximum absolute atomic E-state index is 11.0. The van der Waals surface area contributed by atoms with Crippen LogP contribution in [0.2, 0.25) is 0 Å². The molecular weight excluding hydrogens is 232 g/mol. The third-order valence-electron chi connectivity index (χ3n) is 2.67. The minimum Gasteiger partial charge on any atom is -0.469 e. The molecule has 0 atom stereocenters. The van der Waals surface area contributed by atoms with Gasteiger partial charge in [0.05, 0.1) is 20.1 Å². The molecular formula is C13H16N2O3. The number of benzene rings is 1. The van der Waals surface area contributed by atoms with E-state index in [1.54, 1.807) is 0 Å². The highest BCUT2D eigenvalue weighted by molar-refractivity contribution is 5.72. The zero-order valence-corrected chi connectivity index (χ0v) is 10.5. The lowest BCUT2D eigenvalue weighted by molar-refractivity contribution is -0.140. The lowest BCUT2D eigenvalue weighted by atomic mass is 10.3. The number of nitrogens with zero attached hydrogens (tertiary/aromatic N) is 2. The van der Waals surface area contributed by atoms with Gasteiger partial charge in [0.15, 0.2) is 5.58 Å². The summed E-state index contributed by atoms with van der Waals surface area (Å²) >= 11 is 0. The largest absolute Gasteiger partial charge is 0.469 e. The van der Waals surface area contributed by atoms with Crippen LogP contribution in [-0.4, -0.2) is 36.6 Å². The molecule has 96 valence electrons. The first-order valence-corrected chi connectivity index (χ1v) is 5.79. The molecule has 0 radical (unpaired) electrons. The van der Waals surface area contributed by atoms with E-state index in [1.165, 1.54) is 7.11 Å². The predicted molar refractivity (Wildman–Crippen MR) is 67.0 cm³/mol. The fourth-order valence-electron chi connectivity index (χ4n) is 1.68. The number of oxazole rings is 1. The number of hydrogen-bond donors (Lipinski definition) is 0. The molecule has 1 aromatic carbocycles. The van der Waals surface area contributed by atoms with Gasteiger partial charge < -0.3 is 9.15 Å². The first-order valence-electron chi connectivity index (χ1n) is 5.79. The Morgan fingerprint density at radius 2 is 2.22 bits per heavy atom. The van der Waals surface area contributed by atoms with Gasteiger partial charge in [-0.1, -0.05) is 12.1 Å². The number of ether oxygens (including phenoxy) is 1. The summed E-state index contributed by atoms with van der Waals surface area (Å²) in [6, 6.07) is 7.64. The first-order chi connectivity index (χ1) is 8.69. The quantitative estimate of drug-likeness (QED) is 0.755. The topological polar surface area (TPSA) is 55.6 Å². The SMILES string of the molecule is COC(=O)CCN(C)Cc1nc2ccccc2o1. The molecule has 2 rings (SSSR count). The van der Waals surface area contributed by atoms with E-state index in [0.29, 0.717) is 25.4 Å². The number of carbonyl (C=O) groups excluding carboxylic acids is 1. The fraction of sp³-hybridized carbons (Fsp3) is 0.385. The van der Waals surface area contributed by atoms with Crippen molar-refractivity contribution in [2.75, 3.05) is 20.7 Å². The van der Waals surface area contributed by atoms with Crippen molar-refractivity contribution in [3.05, 3.63) is 30.2 Å². The molecule has 0 N–H and O–H groups in total. The number of para-hydroxylation sites is 2. The van der Waals surface area contributed by atoms with E-state index in [9.17, 15) is 4.79 Å². The van der Waals surface area contributed by atoms with Crippen LogP contribution in [0.4, 0.5) is 0 Å². The standard InChI is InChI=1S/C13H16N2O3/c1-15(8-7-13(16)17-2)9-12-14-10-5-3-4-6-11(10)18-12/h3-6H,7-9H2,1-2H3. The molecule has 0 fully saturated rings. The van der Waals surface area contributed by atoms with Crippen molar-refractivity contribution in [3.63, 3.8) is 0 Å². The molecule has 0 aliphatic rings. The summed E-state index contributed by atoms with van der Waals surface area (Å²) < 4.78 is 10.2. The molecule has 0 saturated carbocycles. The second-order valence-electron chi connectivity index (χ2n) is 4.14. The van der Waals surface area contributed by atoms with Crippen molar-refractivity contribution in [2.24, 2.45) is 0 Å². The average molecular weight is 248 g/mol. The Balaban J connectivity index is 1.94. The molecule has 5 nitrogen and oxygen atoms in total. The van der Waals surface area contributed by atoms with E-state index in [1.807, 2.05) is 36.2 Å². The zero-order valence-electron chi connectivity index (χ0n) is 10.5. The Morgan fingerprint density at radius 3 is 2.94 bits per heavy atom. The van der Waals surface area contributed by atoms with E-state index in [2.05, 4.69) is 9.72 Å². The predicted octanol–water partition coefficient (Wildman–Crippen LogP) is 1.82. The molecule has 18 heavy (non-hydrogen) atoms. The van der Waals surface area contributed by atoms with E-state index >= 15 is 0 Å². The Labute approximate surface area is 105 Å². The number of hydrogen-bond acceptors (Lipinski definition) is 5. The number of aromatic nitrogens is 1. The van der Waals surface area contributed by atoms with Crippen LogP contribution in [0.5, 0.6) is 0 Å². The van der Waals surface area contributed by atoms with Gasteiger partial charge in [0.25, 0.3) is 0 Å². The Hall–Kier alpha value is -1.88. The van der Waals surface area contributed by atoms with Crippen LogP contribution < -0.4 is 0 Å². The van der Waals surface area contributed by atoms with Gasteiger partial charge in [-0.05, 0) is 19.2 Å². The van der Waals surface area contributed by atoms with Crippen LogP contribution in [-0.2, 0) is 16.1 Å². The molecule has 2 aromatic rings. The van der Waals surface area contributed by atoms with Gasteiger partial charge in [-0.2, -0.15) is 0 Å². The second kappa shape index (κ2) is 5.64. The minimum atomic E-state index is -0.209. The minimum absolute atomic E-state index is 0.209. The summed E-state index contributed by atoms with van der Waals surface area (Å²) in [6.45, 7) is 1.19. The van der Waals surface area contributed by atoms with E-state index < -0.39 is 0 Å². The van der Waals surface area contributed by atoms with Crippen LogP contribution in [0, 0.1) is 0 Å². The molecule has 0 aliphatic carbocycles. The number of carbonyl (C=O) groups is 1. The van der Waals surface area contributed by atoms with Gasteiger partial charge in [0.1, 0.15) is 5.52 Å². The highest BCUT2D eigenvalue weighted by atomic mass is 16.5. The molecule has 0 aliphatic heterocycles. The molecule has 0 bridgehead atoms. The number of fused-ring (bicyclic) bond motifs is 1. The molecule has 5 heteroatoms. The Bertz CT molecular complexity index is 503.